The fourth-order valence-corrected chi connectivity index (χ4v) is 5.53. The number of hydrogen-bond donors (Lipinski definition) is 5. The summed E-state index contributed by atoms with van der Waals surface area (Å²) in [7, 11) is 0. The highest BCUT2D eigenvalue weighted by molar-refractivity contribution is 6.31. The summed E-state index contributed by atoms with van der Waals surface area (Å²) in [6.45, 7) is 9.38. The molecule has 2 heterocycles. The lowest BCUT2D eigenvalue weighted by Crippen LogP contribution is -2.45. The molecule has 0 bridgehead atoms. The van der Waals surface area contributed by atoms with Crippen LogP contribution in [0.2, 0.25) is 5.15 Å². The van der Waals surface area contributed by atoms with Crippen molar-refractivity contribution < 1.29 is 29.0 Å². The molecule has 15 heteroatoms. The van der Waals surface area contributed by atoms with E-state index in [2.05, 4.69) is 20.6 Å². The summed E-state index contributed by atoms with van der Waals surface area (Å²) in [5.41, 5.74) is 12.8. The topological polar surface area (TPSA) is 206 Å². The first-order valence-corrected chi connectivity index (χ1v) is 16.1. The second-order valence-electron chi connectivity index (χ2n) is 12.9. The van der Waals surface area contributed by atoms with Gasteiger partial charge in [0.1, 0.15) is 5.60 Å². The minimum absolute atomic E-state index is 0.00582. The first-order valence-electron chi connectivity index (χ1n) is 15.8. The van der Waals surface area contributed by atoms with Gasteiger partial charge in [0.05, 0.1) is 0 Å². The number of nitrogen functional groups attached to an aromatic ring is 2. The van der Waals surface area contributed by atoms with E-state index in [0.717, 1.165) is 11.1 Å². The molecule has 1 aromatic carbocycles. The summed E-state index contributed by atoms with van der Waals surface area (Å²) in [5, 5.41) is 15.5. The number of carboxylic acid groups (broad SMARTS) is 1. The number of alkyl carbamates (subject to hydrolysis) is 1. The van der Waals surface area contributed by atoms with Crippen LogP contribution in [0.4, 0.5) is 21.2 Å². The second kappa shape index (κ2) is 17.0. The number of carbonyl (C=O) groups excluding carboxylic acids is 3. The molecule has 0 radical (unpaired) electrons. The zero-order valence-corrected chi connectivity index (χ0v) is 28.3. The predicted octanol–water partition coefficient (Wildman–Crippen LogP) is 3.72. The number of benzene rings is 1. The van der Waals surface area contributed by atoms with Crippen LogP contribution in [0.25, 0.3) is 0 Å². The highest BCUT2D eigenvalue weighted by atomic mass is 35.5. The van der Waals surface area contributed by atoms with Crippen molar-refractivity contribution in [3.05, 3.63) is 46.2 Å². The number of nitrogens with two attached hydrogens (primary N) is 2. The van der Waals surface area contributed by atoms with Crippen LogP contribution in [-0.2, 0) is 16.0 Å². The van der Waals surface area contributed by atoms with Crippen molar-refractivity contribution >= 4 is 47.2 Å². The van der Waals surface area contributed by atoms with Gasteiger partial charge in [-0.05, 0) is 76.3 Å². The van der Waals surface area contributed by atoms with Crippen molar-refractivity contribution in [1.82, 2.24) is 30.4 Å². The quantitative estimate of drug-likeness (QED) is 0.195. The number of halogens is 1. The maximum atomic E-state index is 13.0. The molecule has 3 rings (SSSR count). The zero-order chi connectivity index (χ0) is 34.7. The van der Waals surface area contributed by atoms with E-state index < -0.39 is 23.7 Å². The lowest BCUT2D eigenvalue weighted by atomic mass is 9.93. The molecule has 258 valence electrons. The molecule has 0 saturated carbocycles. The van der Waals surface area contributed by atoms with E-state index in [1.54, 1.807) is 25.7 Å². The van der Waals surface area contributed by atoms with Crippen LogP contribution >= 0.6 is 11.6 Å². The third-order valence-electron chi connectivity index (χ3n) is 7.87. The molecule has 1 unspecified atom stereocenters. The summed E-state index contributed by atoms with van der Waals surface area (Å²) >= 11 is 5.95. The SMILES string of the molecule is Cc1ccccc1CC(CNC(=O)c1nc(Cl)c(N)nc1N)CN(CC1CCN(C(=O)CCCNC(=O)OC(C)(C)C)CC1)C(=O)O. The Labute approximate surface area is 280 Å². The van der Waals surface area contributed by atoms with Gasteiger partial charge in [-0.25, -0.2) is 19.6 Å². The highest BCUT2D eigenvalue weighted by Gasteiger charge is 2.28. The maximum absolute atomic E-state index is 13.0. The molecule has 7 N–H and O–H groups in total. The average Bonchev–Trinajstić information content (AvgIpc) is 2.99. The number of amides is 4. The second-order valence-corrected chi connectivity index (χ2v) is 13.2. The van der Waals surface area contributed by atoms with Gasteiger partial charge in [0.15, 0.2) is 22.5 Å². The van der Waals surface area contributed by atoms with Crippen molar-refractivity contribution in [3.8, 4) is 0 Å². The summed E-state index contributed by atoms with van der Waals surface area (Å²) in [5.74, 6) is -1.03. The van der Waals surface area contributed by atoms with Crippen molar-refractivity contribution in [1.29, 1.82) is 0 Å². The minimum Gasteiger partial charge on any atom is -0.465 e. The number of aryl methyl sites for hydroxylation is 1. The Morgan fingerprint density at radius 3 is 2.43 bits per heavy atom. The molecular weight excluding hydrogens is 628 g/mol. The van der Waals surface area contributed by atoms with E-state index in [1.165, 1.54) is 4.90 Å². The van der Waals surface area contributed by atoms with Crippen LogP contribution in [0, 0.1) is 18.8 Å². The summed E-state index contributed by atoms with van der Waals surface area (Å²) in [6, 6.07) is 7.83. The Kier molecular flexibility index (Phi) is 13.4. The zero-order valence-electron chi connectivity index (χ0n) is 27.6. The number of nitrogens with zero attached hydrogens (tertiary/aromatic N) is 4. The Hall–Kier alpha value is -4.33. The molecule has 1 fully saturated rings. The first kappa shape index (κ1) is 37.1. The molecule has 1 aliphatic heterocycles. The molecular formula is C32H47ClN8O6. The number of anilines is 2. The Balaban J connectivity index is 1.56. The van der Waals surface area contributed by atoms with Gasteiger partial charge in [0, 0.05) is 45.7 Å². The van der Waals surface area contributed by atoms with Crippen LogP contribution in [0.3, 0.4) is 0 Å². The van der Waals surface area contributed by atoms with Gasteiger partial charge in [-0.1, -0.05) is 35.9 Å². The molecule has 14 nitrogen and oxygen atoms in total. The molecule has 1 aromatic heterocycles. The number of ether oxygens (including phenoxy) is 1. The van der Waals surface area contributed by atoms with Crippen LogP contribution in [0.15, 0.2) is 24.3 Å². The smallest absolute Gasteiger partial charge is 0.407 e. The number of carbonyl (C=O) groups is 4. The number of hydrogen-bond acceptors (Lipinski definition) is 9. The van der Waals surface area contributed by atoms with Gasteiger partial charge in [-0.15, -0.1) is 0 Å². The highest BCUT2D eigenvalue weighted by Crippen LogP contribution is 2.22. The molecule has 1 atom stereocenters. The summed E-state index contributed by atoms with van der Waals surface area (Å²) in [6.07, 6.45) is 1.09. The summed E-state index contributed by atoms with van der Waals surface area (Å²) < 4.78 is 5.21. The van der Waals surface area contributed by atoms with Gasteiger partial charge in [0.25, 0.3) is 5.91 Å². The maximum Gasteiger partial charge on any atom is 0.407 e. The van der Waals surface area contributed by atoms with Crippen LogP contribution in [0.5, 0.6) is 0 Å². The molecule has 0 spiro atoms. The number of rotatable bonds is 13. The minimum atomic E-state index is -1.05. The average molecular weight is 675 g/mol. The number of likely N-dealkylation sites (tertiary alicyclic amines) is 1. The monoisotopic (exact) mass is 674 g/mol. The number of aromatic nitrogens is 2. The van der Waals surface area contributed by atoms with E-state index in [1.807, 2.05) is 31.2 Å². The van der Waals surface area contributed by atoms with Gasteiger partial charge in [-0.3, -0.25) is 9.59 Å². The van der Waals surface area contributed by atoms with Gasteiger partial charge in [-0.2, -0.15) is 0 Å². The van der Waals surface area contributed by atoms with Gasteiger partial charge >= 0.3 is 12.2 Å². The first-order chi connectivity index (χ1) is 22.1. The van der Waals surface area contributed by atoms with E-state index in [9.17, 15) is 24.3 Å². The van der Waals surface area contributed by atoms with Gasteiger partial charge < -0.3 is 41.7 Å². The van der Waals surface area contributed by atoms with Crippen LogP contribution in [-0.4, -0.2) is 93.7 Å². The van der Waals surface area contributed by atoms with Crippen molar-refractivity contribution in [2.24, 2.45) is 11.8 Å². The van der Waals surface area contributed by atoms with Crippen molar-refractivity contribution in [3.63, 3.8) is 0 Å². The van der Waals surface area contributed by atoms with Crippen molar-refractivity contribution in [2.45, 2.75) is 65.4 Å². The predicted molar refractivity (Wildman–Crippen MR) is 179 cm³/mol. The third-order valence-corrected chi connectivity index (χ3v) is 8.15. The van der Waals surface area contributed by atoms with E-state index in [-0.39, 0.29) is 53.3 Å². The molecule has 1 saturated heterocycles. The Morgan fingerprint density at radius 2 is 1.79 bits per heavy atom. The number of piperidine rings is 1. The largest absolute Gasteiger partial charge is 0.465 e. The lowest BCUT2D eigenvalue weighted by Gasteiger charge is -2.35. The normalized spacial score (nSPS) is 14.3. The molecule has 4 amide bonds. The van der Waals surface area contributed by atoms with Crippen LogP contribution in [0.1, 0.15) is 68.1 Å². The Bertz CT molecular complexity index is 1410. The van der Waals surface area contributed by atoms with E-state index in [0.29, 0.717) is 58.3 Å². The Morgan fingerprint density at radius 1 is 1.11 bits per heavy atom. The fourth-order valence-electron chi connectivity index (χ4n) is 5.40. The molecule has 0 aliphatic carbocycles. The van der Waals surface area contributed by atoms with Crippen LogP contribution < -0.4 is 22.1 Å². The van der Waals surface area contributed by atoms with Crippen molar-refractivity contribution in [2.75, 3.05) is 50.7 Å². The lowest BCUT2D eigenvalue weighted by molar-refractivity contribution is -0.132. The molecule has 2 aromatic rings. The van der Waals surface area contributed by atoms with E-state index >= 15 is 0 Å². The fraction of sp³-hybridized carbons (Fsp3) is 0.562. The summed E-state index contributed by atoms with van der Waals surface area (Å²) in [4.78, 5) is 60.9. The van der Waals surface area contributed by atoms with Gasteiger partial charge in [0.2, 0.25) is 5.91 Å². The third kappa shape index (κ3) is 12.1. The van der Waals surface area contributed by atoms with E-state index in [4.69, 9.17) is 27.8 Å². The standard InChI is InChI=1S/C32H47ClN8O6/c1-20-8-5-6-9-23(20)16-22(17-37-29(43)25-27(34)39-28(35)26(33)38-25)19-41(31(45)46)18-21-11-14-40(15-12-21)24(42)10-7-13-36-30(44)47-32(2,3)4/h5-6,8-9,21-22H,7,10-19H2,1-4H3,(H,36,44)(H,37,43)(H,45,46)(H4,34,35,39). The molecule has 47 heavy (non-hydrogen) atoms. The number of nitrogens with one attached hydrogen (secondary N) is 2. The molecule has 1 aliphatic rings.